The van der Waals surface area contributed by atoms with E-state index < -0.39 is 0 Å². The summed E-state index contributed by atoms with van der Waals surface area (Å²) < 4.78 is 0. The molecule has 0 bridgehead atoms. The summed E-state index contributed by atoms with van der Waals surface area (Å²) in [4.78, 5) is 13.3. The monoisotopic (exact) mass is 215 g/mol. The van der Waals surface area contributed by atoms with E-state index in [9.17, 15) is 4.79 Å². The smallest absolute Gasteiger partial charge is 0.172 e. The van der Waals surface area contributed by atoms with Crippen LogP contribution >= 0.6 is 11.8 Å². The Morgan fingerprint density at radius 2 is 2.27 bits per heavy atom. The molecule has 0 amide bonds. The standard InChI is InChI=1S/C12H9NOS/c13-6-8-5-12(8)7-15-10-4-2-1-3-9(10)11(12)14/h1-4,8H,5,7H2/t8-,12+/m0/s1. The topological polar surface area (TPSA) is 40.9 Å². The first-order chi connectivity index (χ1) is 7.28. The van der Waals surface area contributed by atoms with Gasteiger partial charge in [-0.15, -0.1) is 11.8 Å². The third-order valence-electron chi connectivity index (χ3n) is 3.30. The van der Waals surface area contributed by atoms with E-state index in [4.69, 9.17) is 5.26 Å². The number of rotatable bonds is 0. The highest BCUT2D eigenvalue weighted by Gasteiger charge is 2.61. The van der Waals surface area contributed by atoms with Gasteiger partial charge in [0.05, 0.1) is 17.4 Å². The molecule has 2 aliphatic rings. The number of fused-ring (bicyclic) bond motifs is 1. The van der Waals surface area contributed by atoms with Gasteiger partial charge in [-0.05, 0) is 12.5 Å². The molecule has 74 valence electrons. The third kappa shape index (κ3) is 1.09. The molecule has 1 aromatic carbocycles. The zero-order valence-corrected chi connectivity index (χ0v) is 8.88. The summed E-state index contributed by atoms with van der Waals surface area (Å²) in [7, 11) is 0. The zero-order valence-electron chi connectivity index (χ0n) is 8.06. The van der Waals surface area contributed by atoms with Gasteiger partial charge in [0.15, 0.2) is 5.78 Å². The Balaban J connectivity index is 2.05. The Kier molecular flexibility index (Phi) is 1.72. The molecular formula is C12H9NOS. The van der Waals surface area contributed by atoms with Crippen molar-refractivity contribution in [2.75, 3.05) is 5.75 Å². The average Bonchev–Trinajstić information content (AvgIpc) is 2.99. The average molecular weight is 215 g/mol. The molecule has 2 atom stereocenters. The number of hydrogen-bond donors (Lipinski definition) is 0. The van der Waals surface area contributed by atoms with Crippen LogP contribution in [0.5, 0.6) is 0 Å². The van der Waals surface area contributed by atoms with E-state index in [1.165, 1.54) is 0 Å². The van der Waals surface area contributed by atoms with Gasteiger partial charge in [0.2, 0.25) is 0 Å². The molecule has 1 aliphatic carbocycles. The van der Waals surface area contributed by atoms with E-state index in [1.807, 2.05) is 24.3 Å². The van der Waals surface area contributed by atoms with Crippen molar-refractivity contribution in [3.63, 3.8) is 0 Å². The number of nitrogens with zero attached hydrogens (tertiary/aromatic N) is 1. The van der Waals surface area contributed by atoms with Crippen LogP contribution in [-0.4, -0.2) is 11.5 Å². The third-order valence-corrected chi connectivity index (χ3v) is 4.63. The SMILES string of the molecule is N#C[C@@H]1C[C@@]12CSc1ccccc1C2=O. The fourth-order valence-electron chi connectivity index (χ4n) is 2.21. The van der Waals surface area contributed by atoms with E-state index in [-0.39, 0.29) is 17.1 Å². The lowest BCUT2D eigenvalue weighted by molar-refractivity contribution is 0.0903. The predicted octanol–water partition coefficient (Wildman–Crippen LogP) is 2.50. The first kappa shape index (κ1) is 8.99. The number of Topliss-reactive ketones (excluding diaryl/α,β-unsaturated/α-hetero) is 1. The molecule has 0 aromatic heterocycles. The van der Waals surface area contributed by atoms with Gasteiger partial charge in [-0.25, -0.2) is 0 Å². The minimum Gasteiger partial charge on any atom is -0.293 e. The van der Waals surface area contributed by atoms with Gasteiger partial charge in [0.1, 0.15) is 0 Å². The highest BCUT2D eigenvalue weighted by molar-refractivity contribution is 7.99. The molecule has 2 nitrogen and oxygen atoms in total. The number of benzene rings is 1. The van der Waals surface area contributed by atoms with E-state index in [0.717, 1.165) is 22.6 Å². The number of carbonyl (C=O) groups excluding carboxylic acids is 1. The molecule has 1 aromatic rings. The van der Waals surface area contributed by atoms with Gasteiger partial charge in [-0.3, -0.25) is 4.79 Å². The van der Waals surface area contributed by atoms with Crippen LogP contribution in [0.15, 0.2) is 29.2 Å². The highest BCUT2D eigenvalue weighted by Crippen LogP contribution is 2.59. The van der Waals surface area contributed by atoms with Gasteiger partial charge in [0, 0.05) is 16.2 Å². The zero-order chi connectivity index (χ0) is 10.5. The minimum atomic E-state index is -0.340. The van der Waals surface area contributed by atoms with E-state index >= 15 is 0 Å². The largest absolute Gasteiger partial charge is 0.293 e. The van der Waals surface area contributed by atoms with Crippen molar-refractivity contribution in [3.8, 4) is 6.07 Å². The molecular weight excluding hydrogens is 206 g/mol. The maximum absolute atomic E-state index is 12.2. The van der Waals surface area contributed by atoms with Crippen molar-refractivity contribution in [3.05, 3.63) is 29.8 Å². The summed E-state index contributed by atoms with van der Waals surface area (Å²) in [6.45, 7) is 0. The van der Waals surface area contributed by atoms with Crippen molar-refractivity contribution in [2.45, 2.75) is 11.3 Å². The Bertz CT molecular complexity index is 491. The molecule has 1 fully saturated rings. The fraction of sp³-hybridized carbons (Fsp3) is 0.333. The van der Waals surface area contributed by atoms with Crippen molar-refractivity contribution in [1.82, 2.24) is 0 Å². The normalized spacial score (nSPS) is 32.2. The van der Waals surface area contributed by atoms with Crippen molar-refractivity contribution in [2.24, 2.45) is 11.3 Å². The summed E-state index contributed by atoms with van der Waals surface area (Å²) >= 11 is 1.71. The molecule has 1 heterocycles. The molecule has 1 aliphatic heterocycles. The Labute approximate surface area is 92.3 Å². The quantitative estimate of drug-likeness (QED) is 0.667. The van der Waals surface area contributed by atoms with Crippen LogP contribution < -0.4 is 0 Å². The van der Waals surface area contributed by atoms with Gasteiger partial charge in [-0.1, -0.05) is 18.2 Å². The summed E-state index contributed by atoms with van der Waals surface area (Å²) in [6, 6.07) is 9.92. The van der Waals surface area contributed by atoms with Crippen LogP contribution in [0.1, 0.15) is 16.8 Å². The summed E-state index contributed by atoms with van der Waals surface area (Å²) in [5.41, 5.74) is 0.472. The van der Waals surface area contributed by atoms with Crippen LogP contribution in [0.2, 0.25) is 0 Å². The summed E-state index contributed by atoms with van der Waals surface area (Å²) in [6.07, 6.45) is 0.754. The maximum atomic E-state index is 12.2. The van der Waals surface area contributed by atoms with Crippen LogP contribution in [-0.2, 0) is 0 Å². The van der Waals surface area contributed by atoms with Crippen LogP contribution in [0.4, 0.5) is 0 Å². The summed E-state index contributed by atoms with van der Waals surface area (Å²) in [5.74, 6) is 0.912. The highest BCUT2D eigenvalue weighted by atomic mass is 32.2. The number of thioether (sulfide) groups is 1. The van der Waals surface area contributed by atoms with E-state index in [2.05, 4.69) is 6.07 Å². The van der Waals surface area contributed by atoms with Gasteiger partial charge < -0.3 is 0 Å². The molecule has 0 unspecified atom stereocenters. The van der Waals surface area contributed by atoms with Gasteiger partial charge >= 0.3 is 0 Å². The van der Waals surface area contributed by atoms with Gasteiger partial charge in [-0.2, -0.15) is 5.26 Å². The van der Waals surface area contributed by atoms with Gasteiger partial charge in [0.25, 0.3) is 0 Å². The number of hydrogen-bond acceptors (Lipinski definition) is 3. The lowest BCUT2D eigenvalue weighted by Crippen LogP contribution is -2.25. The molecule has 15 heavy (non-hydrogen) atoms. The first-order valence-electron chi connectivity index (χ1n) is 4.94. The number of ketones is 1. The molecule has 0 N–H and O–H groups in total. The lowest BCUT2D eigenvalue weighted by atomic mass is 9.93. The lowest BCUT2D eigenvalue weighted by Gasteiger charge is -2.22. The van der Waals surface area contributed by atoms with Crippen LogP contribution in [0.25, 0.3) is 0 Å². The van der Waals surface area contributed by atoms with Crippen LogP contribution in [0, 0.1) is 22.7 Å². The minimum absolute atomic E-state index is 0.0501. The second-order valence-corrected chi connectivity index (χ2v) is 5.17. The van der Waals surface area contributed by atoms with Crippen LogP contribution in [0.3, 0.4) is 0 Å². The Hall–Kier alpha value is -1.27. The summed E-state index contributed by atoms with van der Waals surface area (Å²) in [5, 5.41) is 8.88. The first-order valence-corrected chi connectivity index (χ1v) is 5.93. The molecule has 3 heteroatoms. The Morgan fingerprint density at radius 1 is 1.47 bits per heavy atom. The fourth-order valence-corrected chi connectivity index (χ4v) is 3.56. The molecule has 1 saturated carbocycles. The van der Waals surface area contributed by atoms with Crippen molar-refractivity contribution < 1.29 is 4.79 Å². The predicted molar refractivity (Wildman–Crippen MR) is 57.6 cm³/mol. The molecule has 0 saturated heterocycles. The van der Waals surface area contributed by atoms with E-state index in [1.54, 1.807) is 11.8 Å². The van der Waals surface area contributed by atoms with Crippen molar-refractivity contribution >= 4 is 17.5 Å². The molecule has 3 rings (SSSR count). The molecule has 0 radical (unpaired) electrons. The second-order valence-electron chi connectivity index (χ2n) is 4.16. The molecule has 1 spiro atoms. The van der Waals surface area contributed by atoms with E-state index in [0.29, 0.717) is 0 Å². The Morgan fingerprint density at radius 3 is 3.00 bits per heavy atom. The second kappa shape index (κ2) is 2.86. The maximum Gasteiger partial charge on any atom is 0.172 e. The van der Waals surface area contributed by atoms with Crippen molar-refractivity contribution in [1.29, 1.82) is 5.26 Å². The number of nitriles is 1. The number of carbonyl (C=O) groups is 1.